The van der Waals surface area contributed by atoms with Crippen LogP contribution in [0.5, 0.6) is 0 Å². The molecule has 0 saturated heterocycles. The van der Waals surface area contributed by atoms with Gasteiger partial charge in [0.05, 0.1) is 6.04 Å². The maximum absolute atomic E-state index is 12.4. The highest BCUT2D eigenvalue weighted by Crippen LogP contribution is 2.24. The molecule has 28 heavy (non-hydrogen) atoms. The number of hydrogen-bond donors (Lipinski definition) is 2. The number of carbonyl (C=O) groups excluding carboxylic acids is 1. The van der Waals surface area contributed by atoms with E-state index in [1.807, 2.05) is 82.3 Å². The zero-order valence-electron chi connectivity index (χ0n) is 16.6. The first-order valence-corrected chi connectivity index (χ1v) is 10.6. The lowest BCUT2D eigenvalue weighted by Crippen LogP contribution is -2.31. The zero-order valence-corrected chi connectivity index (χ0v) is 17.4. The Bertz CT molecular complexity index is 971. The summed E-state index contributed by atoms with van der Waals surface area (Å²) in [6.07, 6.45) is 0. The molecule has 3 aromatic rings. The van der Waals surface area contributed by atoms with E-state index in [2.05, 4.69) is 10.6 Å². The Morgan fingerprint density at radius 1 is 1.11 bits per heavy atom. The van der Waals surface area contributed by atoms with Gasteiger partial charge in [0, 0.05) is 32.4 Å². The van der Waals surface area contributed by atoms with Crippen LogP contribution in [0.3, 0.4) is 0 Å². The monoisotopic (exact) mass is 398 g/mol. The molecule has 0 spiro atoms. The lowest BCUT2D eigenvalue weighted by Gasteiger charge is -2.18. The van der Waals surface area contributed by atoms with Crippen LogP contribution in [0.25, 0.3) is 11.0 Å². The molecule has 0 aliphatic rings. The first-order valence-electron chi connectivity index (χ1n) is 9.26. The summed E-state index contributed by atoms with van der Waals surface area (Å²) in [5.41, 5.74) is 2.39. The second kappa shape index (κ2) is 8.19. The molecular formula is C22H26N2O3S. The van der Waals surface area contributed by atoms with Crippen molar-refractivity contribution in [3.05, 3.63) is 65.9 Å². The van der Waals surface area contributed by atoms with Crippen molar-refractivity contribution in [1.29, 1.82) is 0 Å². The van der Waals surface area contributed by atoms with Crippen LogP contribution in [0.4, 0.5) is 10.5 Å². The molecule has 3 rings (SSSR count). The Kier molecular flexibility index (Phi) is 5.89. The number of carbonyl (C=O) groups is 1. The van der Waals surface area contributed by atoms with Gasteiger partial charge in [0.25, 0.3) is 0 Å². The van der Waals surface area contributed by atoms with E-state index in [-0.39, 0.29) is 16.8 Å². The minimum Gasteiger partial charge on any atom is -0.459 e. The number of amides is 2. The second-order valence-electron chi connectivity index (χ2n) is 7.81. The van der Waals surface area contributed by atoms with E-state index in [4.69, 9.17) is 4.42 Å². The summed E-state index contributed by atoms with van der Waals surface area (Å²) in [6, 6.07) is 16.5. The molecule has 2 amide bonds. The molecule has 5 nitrogen and oxygen atoms in total. The summed E-state index contributed by atoms with van der Waals surface area (Å²) < 4.78 is 17.9. The minimum absolute atomic E-state index is 0.274. The predicted octanol–water partition coefficient (Wildman–Crippen LogP) is 5.36. The Hall–Kier alpha value is -2.60. The van der Waals surface area contributed by atoms with Crippen LogP contribution >= 0.6 is 0 Å². The summed E-state index contributed by atoms with van der Waals surface area (Å²) in [4.78, 5) is 12.4. The SMILES string of the molecule is CC(NC(=O)Nc1cccc(CS(=O)C(C)(C)C)c1)c1cc2ccccc2o1. The second-order valence-corrected chi connectivity index (χ2v) is 10.0. The third-order valence-corrected chi connectivity index (χ3v) is 6.35. The number of rotatable bonds is 5. The molecule has 148 valence electrons. The van der Waals surface area contributed by atoms with Crippen LogP contribution in [0.15, 0.2) is 59.0 Å². The average molecular weight is 399 g/mol. The maximum atomic E-state index is 12.4. The molecule has 6 heteroatoms. The van der Waals surface area contributed by atoms with Crippen LogP contribution in [-0.4, -0.2) is 15.0 Å². The minimum atomic E-state index is -0.992. The molecular weight excluding hydrogens is 372 g/mol. The number of benzene rings is 2. The third-order valence-electron chi connectivity index (χ3n) is 4.38. The van der Waals surface area contributed by atoms with Crippen LogP contribution < -0.4 is 10.6 Å². The van der Waals surface area contributed by atoms with Gasteiger partial charge >= 0.3 is 6.03 Å². The van der Waals surface area contributed by atoms with Gasteiger partial charge in [-0.05, 0) is 57.5 Å². The van der Waals surface area contributed by atoms with Gasteiger partial charge in [-0.3, -0.25) is 4.21 Å². The molecule has 0 aliphatic carbocycles. The molecule has 1 heterocycles. The molecule has 0 saturated carbocycles. The Morgan fingerprint density at radius 2 is 1.86 bits per heavy atom. The van der Waals surface area contributed by atoms with E-state index < -0.39 is 10.8 Å². The zero-order chi connectivity index (χ0) is 20.3. The van der Waals surface area contributed by atoms with Crippen molar-refractivity contribution >= 4 is 33.5 Å². The summed E-state index contributed by atoms with van der Waals surface area (Å²) in [5.74, 6) is 1.15. The van der Waals surface area contributed by atoms with Gasteiger partial charge in [0.15, 0.2) is 0 Å². The van der Waals surface area contributed by atoms with Crippen molar-refractivity contribution in [2.24, 2.45) is 0 Å². The standard InChI is InChI=1S/C22H26N2O3S/c1-15(20-13-17-9-5-6-11-19(17)27-20)23-21(25)24-18-10-7-8-16(12-18)14-28(26)22(2,3)4/h5-13,15H,14H2,1-4H3,(H2,23,24,25). The van der Waals surface area contributed by atoms with E-state index >= 15 is 0 Å². The van der Waals surface area contributed by atoms with Gasteiger partial charge in [-0.25, -0.2) is 4.79 Å². The molecule has 1 aromatic heterocycles. The van der Waals surface area contributed by atoms with Crippen LogP contribution in [0.1, 0.15) is 45.1 Å². The maximum Gasteiger partial charge on any atom is 0.319 e. The largest absolute Gasteiger partial charge is 0.459 e. The van der Waals surface area contributed by atoms with Gasteiger partial charge < -0.3 is 15.1 Å². The highest BCUT2D eigenvalue weighted by Gasteiger charge is 2.20. The summed E-state index contributed by atoms with van der Waals surface area (Å²) in [6.45, 7) is 7.74. The van der Waals surface area contributed by atoms with Gasteiger partial charge in [0.2, 0.25) is 0 Å². The molecule has 2 N–H and O–H groups in total. The molecule has 2 atom stereocenters. The van der Waals surface area contributed by atoms with Gasteiger partial charge in [-0.2, -0.15) is 0 Å². The van der Waals surface area contributed by atoms with Crippen molar-refractivity contribution in [3.8, 4) is 0 Å². The fourth-order valence-corrected chi connectivity index (χ4v) is 3.67. The van der Waals surface area contributed by atoms with Crippen molar-refractivity contribution in [1.82, 2.24) is 5.32 Å². The summed E-state index contributed by atoms with van der Waals surface area (Å²) >= 11 is 0. The van der Waals surface area contributed by atoms with Crippen LogP contribution in [0, 0.1) is 0 Å². The van der Waals surface area contributed by atoms with E-state index in [1.54, 1.807) is 0 Å². The number of nitrogens with one attached hydrogen (secondary N) is 2. The molecule has 2 unspecified atom stereocenters. The summed E-state index contributed by atoms with van der Waals surface area (Å²) in [5, 5.41) is 6.73. The average Bonchev–Trinajstić information content (AvgIpc) is 3.05. The quantitative estimate of drug-likeness (QED) is 0.607. The van der Waals surface area contributed by atoms with E-state index in [1.165, 1.54) is 0 Å². The Morgan fingerprint density at radius 3 is 2.57 bits per heavy atom. The first-order chi connectivity index (χ1) is 13.2. The smallest absolute Gasteiger partial charge is 0.319 e. The van der Waals surface area contributed by atoms with Gasteiger partial charge in [-0.1, -0.05) is 30.3 Å². The fourth-order valence-electron chi connectivity index (χ4n) is 2.76. The topological polar surface area (TPSA) is 71.3 Å². The fraction of sp³-hybridized carbons (Fsp3) is 0.318. The number of urea groups is 1. The van der Waals surface area contributed by atoms with Crippen LogP contribution in [0.2, 0.25) is 0 Å². The van der Waals surface area contributed by atoms with Crippen molar-refractivity contribution in [2.75, 3.05) is 5.32 Å². The number of fused-ring (bicyclic) bond motifs is 1. The first kappa shape index (κ1) is 20.1. The lowest BCUT2D eigenvalue weighted by atomic mass is 10.2. The normalized spacial score (nSPS) is 13.9. The van der Waals surface area contributed by atoms with E-state index in [0.29, 0.717) is 17.2 Å². The number of anilines is 1. The highest BCUT2D eigenvalue weighted by molar-refractivity contribution is 7.85. The summed E-state index contributed by atoms with van der Waals surface area (Å²) in [7, 11) is -0.992. The Labute approximate surface area is 168 Å². The van der Waals surface area contributed by atoms with E-state index in [0.717, 1.165) is 16.5 Å². The van der Waals surface area contributed by atoms with Crippen molar-refractivity contribution in [2.45, 2.75) is 44.2 Å². The highest BCUT2D eigenvalue weighted by atomic mass is 32.2. The van der Waals surface area contributed by atoms with Crippen molar-refractivity contribution in [3.63, 3.8) is 0 Å². The molecule has 0 bridgehead atoms. The molecule has 0 aliphatic heterocycles. The predicted molar refractivity (Wildman–Crippen MR) is 115 cm³/mol. The number of hydrogen-bond acceptors (Lipinski definition) is 3. The molecule has 2 aromatic carbocycles. The van der Waals surface area contributed by atoms with Crippen LogP contribution in [-0.2, 0) is 16.6 Å². The van der Waals surface area contributed by atoms with Crippen molar-refractivity contribution < 1.29 is 13.4 Å². The molecule has 0 fully saturated rings. The lowest BCUT2D eigenvalue weighted by molar-refractivity contribution is 0.248. The number of para-hydroxylation sites is 1. The molecule has 0 radical (unpaired) electrons. The third kappa shape index (κ3) is 5.01. The van der Waals surface area contributed by atoms with E-state index in [9.17, 15) is 9.00 Å². The Balaban J connectivity index is 1.62. The number of furan rings is 1. The van der Waals surface area contributed by atoms with Gasteiger partial charge in [-0.15, -0.1) is 0 Å². The van der Waals surface area contributed by atoms with Gasteiger partial charge in [0.1, 0.15) is 11.3 Å².